The van der Waals surface area contributed by atoms with Crippen molar-refractivity contribution in [1.82, 2.24) is 0 Å². The summed E-state index contributed by atoms with van der Waals surface area (Å²) in [4.78, 5) is 16.2. The average molecular weight is 377 g/mol. The molecule has 128 valence electrons. The molecule has 0 atom stereocenters. The van der Waals surface area contributed by atoms with E-state index < -0.39 is 5.91 Å². The number of nitrogens with zero attached hydrogens (tertiary/aromatic N) is 1. The van der Waals surface area contributed by atoms with Crippen molar-refractivity contribution in [3.63, 3.8) is 0 Å². The van der Waals surface area contributed by atoms with Crippen LogP contribution in [0.25, 0.3) is 11.0 Å². The molecule has 5 nitrogen and oxygen atoms in total. The number of carbonyl (C=O) groups excluding carboxylic acids is 1. The van der Waals surface area contributed by atoms with E-state index in [-0.39, 0.29) is 11.1 Å². The maximum Gasteiger partial charge on any atom is 0.254 e. The van der Waals surface area contributed by atoms with E-state index in [2.05, 4.69) is 4.99 Å². The number of rotatable bonds is 4. The van der Waals surface area contributed by atoms with Crippen LogP contribution in [0.2, 0.25) is 10.0 Å². The number of para-hydroxylation sites is 1. The summed E-state index contributed by atoms with van der Waals surface area (Å²) in [6.45, 7) is 2.34. The molecule has 0 aliphatic carbocycles. The third kappa shape index (κ3) is 3.62. The maximum atomic E-state index is 11.8. The lowest BCUT2D eigenvalue weighted by molar-refractivity contribution is 0.0996. The molecule has 0 saturated heterocycles. The van der Waals surface area contributed by atoms with Gasteiger partial charge in [0.1, 0.15) is 5.56 Å². The van der Waals surface area contributed by atoms with Crippen LogP contribution in [0, 0.1) is 0 Å². The topological polar surface area (TPSA) is 77.8 Å². The van der Waals surface area contributed by atoms with Crippen molar-refractivity contribution >= 4 is 45.8 Å². The van der Waals surface area contributed by atoms with Crippen LogP contribution < -0.4 is 16.0 Å². The zero-order chi connectivity index (χ0) is 18.0. The van der Waals surface area contributed by atoms with Crippen LogP contribution in [0.3, 0.4) is 0 Å². The van der Waals surface area contributed by atoms with E-state index in [1.54, 1.807) is 42.5 Å². The van der Waals surface area contributed by atoms with Gasteiger partial charge in [0.05, 0.1) is 17.3 Å². The van der Waals surface area contributed by atoms with Crippen molar-refractivity contribution in [2.24, 2.45) is 10.7 Å². The summed E-state index contributed by atoms with van der Waals surface area (Å²) in [6.07, 6.45) is 0. The summed E-state index contributed by atoms with van der Waals surface area (Å²) in [5.74, 6) is -0.106. The molecule has 25 heavy (non-hydrogen) atoms. The molecule has 1 amide bonds. The minimum absolute atomic E-state index is 0.0522. The lowest BCUT2D eigenvalue weighted by atomic mass is 10.1. The highest BCUT2D eigenvalue weighted by Crippen LogP contribution is 2.28. The third-order valence-corrected chi connectivity index (χ3v) is 3.97. The van der Waals surface area contributed by atoms with Gasteiger partial charge in [-0.25, -0.2) is 4.99 Å². The highest BCUT2D eigenvalue weighted by molar-refractivity contribution is 6.36. The number of ether oxygens (including phenoxy) is 1. The summed E-state index contributed by atoms with van der Waals surface area (Å²) in [7, 11) is 0. The summed E-state index contributed by atoms with van der Waals surface area (Å²) < 4.78 is 11.4. The highest BCUT2D eigenvalue weighted by atomic mass is 35.5. The van der Waals surface area contributed by atoms with Crippen LogP contribution in [0.4, 0.5) is 5.69 Å². The Morgan fingerprint density at radius 2 is 2.04 bits per heavy atom. The minimum Gasteiger partial charge on any atom is -0.490 e. The van der Waals surface area contributed by atoms with E-state index in [4.69, 9.17) is 38.1 Å². The number of carbonyl (C=O) groups is 1. The van der Waals surface area contributed by atoms with Crippen LogP contribution in [0.1, 0.15) is 17.3 Å². The lowest BCUT2D eigenvalue weighted by Gasteiger charge is -2.08. The molecule has 0 unspecified atom stereocenters. The van der Waals surface area contributed by atoms with Gasteiger partial charge < -0.3 is 14.9 Å². The predicted molar refractivity (Wildman–Crippen MR) is 97.6 cm³/mol. The van der Waals surface area contributed by atoms with Gasteiger partial charge in [0, 0.05) is 10.4 Å². The molecule has 1 heterocycles. The zero-order valence-corrected chi connectivity index (χ0v) is 14.8. The molecule has 0 fully saturated rings. The lowest BCUT2D eigenvalue weighted by Crippen LogP contribution is -2.21. The second-order valence-corrected chi connectivity index (χ2v) is 5.99. The standard InChI is InChI=1S/C18H14Cl2N2O3/c1-2-24-15-5-3-4-10-8-12(17(21)23)18(25-16(10)15)22-14-7-6-11(19)9-13(14)20/h3-9H,2H2,1H3,(H2,21,23). The monoisotopic (exact) mass is 376 g/mol. The van der Waals surface area contributed by atoms with E-state index in [0.29, 0.717) is 39.1 Å². The average Bonchev–Trinajstić information content (AvgIpc) is 2.57. The number of benzene rings is 2. The second-order valence-electron chi connectivity index (χ2n) is 5.14. The van der Waals surface area contributed by atoms with Crippen LogP contribution >= 0.6 is 23.2 Å². The van der Waals surface area contributed by atoms with Gasteiger partial charge in [-0.2, -0.15) is 0 Å². The van der Waals surface area contributed by atoms with Gasteiger partial charge >= 0.3 is 0 Å². The minimum atomic E-state index is -0.656. The molecule has 2 aromatic carbocycles. The first-order chi connectivity index (χ1) is 12.0. The number of amides is 1. The predicted octanol–water partition coefficient (Wildman–Crippen LogP) is 4.47. The Hall–Kier alpha value is -2.50. The van der Waals surface area contributed by atoms with Crippen molar-refractivity contribution in [3.05, 3.63) is 63.6 Å². The molecule has 3 rings (SSSR count). The number of fused-ring (bicyclic) bond motifs is 1. The fourth-order valence-corrected chi connectivity index (χ4v) is 2.79. The number of hydrogen-bond donors (Lipinski definition) is 1. The van der Waals surface area contributed by atoms with Crippen molar-refractivity contribution < 1.29 is 13.9 Å². The normalized spacial score (nSPS) is 11.7. The smallest absolute Gasteiger partial charge is 0.254 e. The Balaban J connectivity index is 2.31. The first kappa shape index (κ1) is 17.3. The van der Waals surface area contributed by atoms with Gasteiger partial charge in [-0.15, -0.1) is 0 Å². The molecule has 0 spiro atoms. The molecular weight excluding hydrogens is 363 g/mol. The molecule has 0 aliphatic rings. The van der Waals surface area contributed by atoms with Crippen LogP contribution in [-0.4, -0.2) is 12.5 Å². The van der Waals surface area contributed by atoms with Crippen molar-refractivity contribution in [2.45, 2.75) is 6.92 Å². The molecule has 3 aromatic rings. The Labute approximate surface area is 153 Å². The number of primary amides is 1. The first-order valence-corrected chi connectivity index (χ1v) is 8.24. The number of nitrogens with two attached hydrogens (primary N) is 1. The molecule has 0 radical (unpaired) electrons. The molecule has 7 heteroatoms. The fourth-order valence-electron chi connectivity index (χ4n) is 2.33. The SMILES string of the molecule is CCOc1cccc2cc(C(N)=O)c(=Nc3ccc(Cl)cc3Cl)oc12. The second kappa shape index (κ2) is 7.17. The molecule has 0 aliphatic heterocycles. The molecular formula is C18H14Cl2N2O3. The largest absolute Gasteiger partial charge is 0.490 e. The summed E-state index contributed by atoms with van der Waals surface area (Å²) >= 11 is 12.0. The summed E-state index contributed by atoms with van der Waals surface area (Å²) in [5, 5.41) is 1.49. The molecule has 0 bridgehead atoms. The van der Waals surface area contributed by atoms with Gasteiger partial charge in [-0.1, -0.05) is 35.3 Å². The summed E-state index contributed by atoms with van der Waals surface area (Å²) in [5.41, 5.74) is 6.55. The number of halogens is 2. The Bertz CT molecular complexity index is 1030. The van der Waals surface area contributed by atoms with E-state index >= 15 is 0 Å². The molecule has 1 aromatic heterocycles. The van der Waals surface area contributed by atoms with E-state index in [1.165, 1.54) is 0 Å². The van der Waals surface area contributed by atoms with E-state index in [1.807, 2.05) is 6.92 Å². The van der Waals surface area contributed by atoms with Crippen LogP contribution in [0.5, 0.6) is 5.75 Å². The van der Waals surface area contributed by atoms with Crippen LogP contribution in [-0.2, 0) is 0 Å². The van der Waals surface area contributed by atoms with E-state index in [0.717, 1.165) is 0 Å². The fraction of sp³-hybridized carbons (Fsp3) is 0.111. The zero-order valence-electron chi connectivity index (χ0n) is 13.3. The summed E-state index contributed by atoms with van der Waals surface area (Å²) in [6, 6.07) is 11.8. The number of hydrogen-bond acceptors (Lipinski definition) is 4. The third-order valence-electron chi connectivity index (χ3n) is 3.44. The first-order valence-electron chi connectivity index (χ1n) is 7.49. The Morgan fingerprint density at radius 3 is 2.72 bits per heavy atom. The van der Waals surface area contributed by atoms with Gasteiger partial charge in [-0.05, 0) is 37.3 Å². The van der Waals surface area contributed by atoms with Gasteiger partial charge in [-0.3, -0.25) is 4.79 Å². The van der Waals surface area contributed by atoms with Crippen LogP contribution in [0.15, 0.2) is 51.9 Å². The maximum absolute atomic E-state index is 11.8. The molecule has 0 saturated carbocycles. The van der Waals surface area contributed by atoms with Crippen molar-refractivity contribution in [2.75, 3.05) is 6.61 Å². The molecule has 2 N–H and O–H groups in total. The van der Waals surface area contributed by atoms with Crippen molar-refractivity contribution in [1.29, 1.82) is 0 Å². The van der Waals surface area contributed by atoms with Gasteiger partial charge in [0.15, 0.2) is 11.3 Å². The highest BCUT2D eigenvalue weighted by Gasteiger charge is 2.13. The Kier molecular flexibility index (Phi) is 4.97. The Morgan fingerprint density at radius 1 is 1.24 bits per heavy atom. The quantitative estimate of drug-likeness (QED) is 0.729. The van der Waals surface area contributed by atoms with E-state index in [9.17, 15) is 4.79 Å². The van der Waals surface area contributed by atoms with Crippen molar-refractivity contribution in [3.8, 4) is 5.75 Å². The van der Waals surface area contributed by atoms with Gasteiger partial charge in [0.25, 0.3) is 5.91 Å². The van der Waals surface area contributed by atoms with Gasteiger partial charge in [0.2, 0.25) is 5.55 Å².